The number of rotatable bonds is 6. The summed E-state index contributed by atoms with van der Waals surface area (Å²) in [5.74, 6) is 0.338. The first kappa shape index (κ1) is 13.9. The first-order chi connectivity index (χ1) is 8.19. The summed E-state index contributed by atoms with van der Waals surface area (Å²) in [5, 5.41) is 2.95. The molecule has 0 aliphatic carbocycles. The van der Waals surface area contributed by atoms with E-state index in [0.717, 1.165) is 25.7 Å². The van der Waals surface area contributed by atoms with Crippen molar-refractivity contribution in [1.82, 2.24) is 9.97 Å². The zero-order valence-electron chi connectivity index (χ0n) is 10.2. The SMILES string of the molecule is CCCCC(CC)C(=O)Nc1nccnc1Cl. The minimum absolute atomic E-state index is 0.0213. The van der Waals surface area contributed by atoms with E-state index in [1.54, 1.807) is 0 Å². The standard InChI is InChI=1S/C12H18ClN3O/c1-3-5-6-9(4-2)12(17)16-11-10(13)14-7-8-15-11/h7-9H,3-6H2,1-2H3,(H,15,16,17). The Balaban J connectivity index is 2.61. The van der Waals surface area contributed by atoms with Gasteiger partial charge in [-0.2, -0.15) is 0 Å². The lowest BCUT2D eigenvalue weighted by atomic mass is 9.98. The number of nitrogens with one attached hydrogen (secondary N) is 1. The highest BCUT2D eigenvalue weighted by Gasteiger charge is 2.17. The van der Waals surface area contributed by atoms with Crippen LogP contribution in [0.3, 0.4) is 0 Å². The highest BCUT2D eigenvalue weighted by Crippen LogP contribution is 2.18. The smallest absolute Gasteiger partial charge is 0.228 e. The second-order valence-corrected chi connectivity index (χ2v) is 4.29. The van der Waals surface area contributed by atoms with E-state index in [2.05, 4.69) is 22.2 Å². The number of carbonyl (C=O) groups is 1. The fraction of sp³-hybridized carbons (Fsp3) is 0.583. The van der Waals surface area contributed by atoms with Gasteiger partial charge in [-0.25, -0.2) is 9.97 Å². The Kier molecular flexibility index (Phi) is 5.91. The molecule has 1 heterocycles. The summed E-state index contributed by atoms with van der Waals surface area (Å²) < 4.78 is 0. The molecule has 17 heavy (non-hydrogen) atoms. The average molecular weight is 256 g/mol. The molecule has 5 heteroatoms. The second-order valence-electron chi connectivity index (χ2n) is 3.93. The molecule has 0 fully saturated rings. The minimum atomic E-state index is -0.0247. The summed E-state index contributed by atoms with van der Waals surface area (Å²) in [4.78, 5) is 19.8. The molecule has 0 saturated carbocycles. The summed E-state index contributed by atoms with van der Waals surface area (Å²) in [6, 6.07) is 0. The van der Waals surface area contributed by atoms with Crippen LogP contribution in [0, 0.1) is 5.92 Å². The maximum atomic E-state index is 12.0. The van der Waals surface area contributed by atoms with Gasteiger partial charge in [-0.1, -0.05) is 38.3 Å². The van der Waals surface area contributed by atoms with Crippen LogP contribution in [0.2, 0.25) is 5.15 Å². The second kappa shape index (κ2) is 7.22. The van der Waals surface area contributed by atoms with E-state index in [0.29, 0.717) is 5.82 Å². The number of aromatic nitrogens is 2. The fourth-order valence-electron chi connectivity index (χ4n) is 1.59. The number of hydrogen-bond acceptors (Lipinski definition) is 3. The van der Waals surface area contributed by atoms with Crippen LogP contribution >= 0.6 is 11.6 Å². The molecule has 0 bridgehead atoms. The van der Waals surface area contributed by atoms with Gasteiger partial charge in [0, 0.05) is 18.3 Å². The van der Waals surface area contributed by atoms with E-state index in [1.165, 1.54) is 12.4 Å². The summed E-state index contributed by atoms with van der Waals surface area (Å²) in [6.07, 6.45) is 6.87. The minimum Gasteiger partial charge on any atom is -0.308 e. The molecule has 0 aliphatic rings. The molecule has 0 radical (unpaired) electrons. The van der Waals surface area contributed by atoms with Crippen molar-refractivity contribution in [3.63, 3.8) is 0 Å². The molecule has 1 N–H and O–H groups in total. The molecule has 0 aliphatic heterocycles. The Hall–Kier alpha value is -1.16. The quantitative estimate of drug-likeness (QED) is 0.849. The van der Waals surface area contributed by atoms with Gasteiger partial charge < -0.3 is 5.32 Å². The summed E-state index contributed by atoms with van der Waals surface area (Å²) in [7, 11) is 0. The van der Waals surface area contributed by atoms with E-state index < -0.39 is 0 Å². The van der Waals surface area contributed by atoms with Crippen molar-refractivity contribution >= 4 is 23.3 Å². The fourth-order valence-corrected chi connectivity index (χ4v) is 1.75. The lowest BCUT2D eigenvalue weighted by Gasteiger charge is -2.14. The van der Waals surface area contributed by atoms with Gasteiger partial charge in [0.1, 0.15) is 0 Å². The third-order valence-electron chi connectivity index (χ3n) is 2.66. The third kappa shape index (κ3) is 4.30. The van der Waals surface area contributed by atoms with Crippen molar-refractivity contribution in [3.8, 4) is 0 Å². The highest BCUT2D eigenvalue weighted by molar-refractivity contribution is 6.32. The van der Waals surface area contributed by atoms with Gasteiger partial charge in [0.25, 0.3) is 0 Å². The third-order valence-corrected chi connectivity index (χ3v) is 2.94. The maximum Gasteiger partial charge on any atom is 0.228 e. The Morgan fingerprint density at radius 2 is 2.12 bits per heavy atom. The van der Waals surface area contributed by atoms with Crippen LogP contribution in [0.4, 0.5) is 5.82 Å². The molecule has 0 spiro atoms. The van der Waals surface area contributed by atoms with Crippen molar-refractivity contribution in [3.05, 3.63) is 17.5 Å². The van der Waals surface area contributed by atoms with Gasteiger partial charge in [-0.3, -0.25) is 4.79 Å². The Labute approximate surface area is 107 Å². The van der Waals surface area contributed by atoms with Gasteiger partial charge in [0.2, 0.25) is 5.91 Å². The Morgan fingerprint density at radius 3 is 2.71 bits per heavy atom. The number of hydrogen-bond donors (Lipinski definition) is 1. The lowest BCUT2D eigenvalue weighted by molar-refractivity contribution is -0.120. The molecule has 1 unspecified atom stereocenters. The molecular formula is C12H18ClN3O. The van der Waals surface area contributed by atoms with Crippen LogP contribution in [0.1, 0.15) is 39.5 Å². The Morgan fingerprint density at radius 1 is 1.41 bits per heavy atom. The lowest BCUT2D eigenvalue weighted by Crippen LogP contribution is -2.23. The number of anilines is 1. The van der Waals surface area contributed by atoms with Crippen molar-refractivity contribution in [2.75, 3.05) is 5.32 Å². The monoisotopic (exact) mass is 255 g/mol. The predicted octanol–water partition coefficient (Wildman–Crippen LogP) is 3.28. The summed E-state index contributed by atoms with van der Waals surface area (Å²) in [5.41, 5.74) is 0. The van der Waals surface area contributed by atoms with Gasteiger partial charge in [-0.05, 0) is 12.8 Å². The van der Waals surface area contributed by atoms with Crippen molar-refractivity contribution < 1.29 is 4.79 Å². The topological polar surface area (TPSA) is 54.9 Å². The summed E-state index contributed by atoms with van der Waals surface area (Å²) >= 11 is 5.83. The van der Waals surface area contributed by atoms with E-state index in [9.17, 15) is 4.79 Å². The maximum absolute atomic E-state index is 12.0. The molecule has 1 rings (SSSR count). The van der Waals surface area contributed by atoms with E-state index in [-0.39, 0.29) is 17.0 Å². The first-order valence-corrected chi connectivity index (χ1v) is 6.34. The highest BCUT2D eigenvalue weighted by atomic mass is 35.5. The van der Waals surface area contributed by atoms with Gasteiger partial charge in [-0.15, -0.1) is 0 Å². The normalized spacial score (nSPS) is 12.2. The van der Waals surface area contributed by atoms with E-state index in [1.807, 2.05) is 6.92 Å². The molecule has 1 aromatic rings. The van der Waals surface area contributed by atoms with Crippen LogP contribution in [0.5, 0.6) is 0 Å². The van der Waals surface area contributed by atoms with Crippen molar-refractivity contribution in [2.45, 2.75) is 39.5 Å². The number of unbranched alkanes of at least 4 members (excludes halogenated alkanes) is 1. The number of amides is 1. The van der Waals surface area contributed by atoms with Crippen LogP contribution in [0.25, 0.3) is 0 Å². The number of carbonyl (C=O) groups excluding carboxylic acids is 1. The largest absolute Gasteiger partial charge is 0.308 e. The summed E-state index contributed by atoms with van der Waals surface area (Å²) in [6.45, 7) is 4.13. The van der Waals surface area contributed by atoms with Crippen LogP contribution in [0.15, 0.2) is 12.4 Å². The van der Waals surface area contributed by atoms with Crippen LogP contribution in [-0.4, -0.2) is 15.9 Å². The molecule has 94 valence electrons. The number of halogens is 1. The van der Waals surface area contributed by atoms with E-state index in [4.69, 9.17) is 11.6 Å². The van der Waals surface area contributed by atoms with Crippen LogP contribution < -0.4 is 5.32 Å². The zero-order chi connectivity index (χ0) is 12.7. The first-order valence-electron chi connectivity index (χ1n) is 5.96. The van der Waals surface area contributed by atoms with Crippen LogP contribution in [-0.2, 0) is 4.79 Å². The van der Waals surface area contributed by atoms with Gasteiger partial charge >= 0.3 is 0 Å². The molecule has 4 nitrogen and oxygen atoms in total. The zero-order valence-corrected chi connectivity index (χ0v) is 11.0. The number of nitrogens with zero attached hydrogens (tertiary/aromatic N) is 2. The molecule has 1 aromatic heterocycles. The molecule has 0 saturated heterocycles. The average Bonchev–Trinajstić information content (AvgIpc) is 2.33. The molecule has 1 amide bonds. The molecule has 1 atom stereocenters. The van der Waals surface area contributed by atoms with E-state index >= 15 is 0 Å². The molecule has 0 aromatic carbocycles. The van der Waals surface area contributed by atoms with Gasteiger partial charge in [0.15, 0.2) is 11.0 Å². The Bertz CT molecular complexity index is 371. The van der Waals surface area contributed by atoms with Gasteiger partial charge in [0.05, 0.1) is 0 Å². The predicted molar refractivity (Wildman–Crippen MR) is 69.0 cm³/mol. The molecular weight excluding hydrogens is 238 g/mol. The van der Waals surface area contributed by atoms with Crippen molar-refractivity contribution in [1.29, 1.82) is 0 Å². The van der Waals surface area contributed by atoms with Crippen molar-refractivity contribution in [2.24, 2.45) is 5.92 Å².